The standard InChI is InChI=1S/C18H15N3O4/c19-16(22)11-3-5-12(6-4-11)20-17(23)18(7-8-18)15-10-14(25-21-15)13-2-1-9-24-13/h1-6,9-10H,7-8H2,(H2,19,22)(H,20,23). The molecule has 7 nitrogen and oxygen atoms in total. The van der Waals surface area contributed by atoms with Crippen molar-refractivity contribution < 1.29 is 18.5 Å². The monoisotopic (exact) mass is 337 g/mol. The third kappa shape index (κ3) is 2.69. The van der Waals surface area contributed by atoms with Gasteiger partial charge in [0.25, 0.3) is 0 Å². The fourth-order valence-corrected chi connectivity index (χ4v) is 2.73. The number of primary amides is 1. The summed E-state index contributed by atoms with van der Waals surface area (Å²) < 4.78 is 10.6. The number of rotatable bonds is 5. The van der Waals surface area contributed by atoms with E-state index in [4.69, 9.17) is 14.7 Å². The van der Waals surface area contributed by atoms with Crippen LogP contribution in [0.5, 0.6) is 0 Å². The molecule has 2 aromatic heterocycles. The van der Waals surface area contributed by atoms with Gasteiger partial charge in [-0.25, -0.2) is 0 Å². The largest absolute Gasteiger partial charge is 0.461 e. The van der Waals surface area contributed by atoms with Crippen LogP contribution in [0.1, 0.15) is 28.9 Å². The summed E-state index contributed by atoms with van der Waals surface area (Å²) in [4.78, 5) is 23.8. The SMILES string of the molecule is NC(=O)c1ccc(NC(=O)C2(c3cc(-c4ccco4)on3)CC2)cc1. The summed E-state index contributed by atoms with van der Waals surface area (Å²) in [5, 5.41) is 6.91. The van der Waals surface area contributed by atoms with E-state index in [0.29, 0.717) is 41.3 Å². The van der Waals surface area contributed by atoms with Crippen LogP contribution in [0.4, 0.5) is 5.69 Å². The molecule has 0 unspecified atom stereocenters. The number of nitrogens with zero attached hydrogens (tertiary/aromatic N) is 1. The Hall–Kier alpha value is -3.35. The van der Waals surface area contributed by atoms with Gasteiger partial charge in [0, 0.05) is 17.3 Å². The Morgan fingerprint density at radius 1 is 1.12 bits per heavy atom. The first-order valence-corrected chi connectivity index (χ1v) is 7.81. The molecule has 3 N–H and O–H groups in total. The van der Waals surface area contributed by atoms with Crippen LogP contribution in [0.15, 0.2) is 57.7 Å². The summed E-state index contributed by atoms with van der Waals surface area (Å²) in [6.45, 7) is 0. The van der Waals surface area contributed by atoms with Gasteiger partial charge in [-0.15, -0.1) is 0 Å². The smallest absolute Gasteiger partial charge is 0.248 e. The highest BCUT2D eigenvalue weighted by molar-refractivity contribution is 6.01. The van der Waals surface area contributed by atoms with Gasteiger partial charge in [0.05, 0.1) is 17.4 Å². The molecule has 0 bridgehead atoms. The van der Waals surface area contributed by atoms with E-state index >= 15 is 0 Å². The molecule has 0 spiro atoms. The van der Waals surface area contributed by atoms with Crippen LogP contribution >= 0.6 is 0 Å². The van der Waals surface area contributed by atoms with Gasteiger partial charge in [0.15, 0.2) is 5.76 Å². The highest BCUT2D eigenvalue weighted by Crippen LogP contribution is 2.49. The van der Waals surface area contributed by atoms with Gasteiger partial charge in [0.1, 0.15) is 0 Å². The zero-order valence-corrected chi connectivity index (χ0v) is 13.2. The molecule has 2 heterocycles. The Labute approximate surface area is 142 Å². The number of hydrogen-bond donors (Lipinski definition) is 2. The van der Waals surface area contributed by atoms with E-state index in [9.17, 15) is 9.59 Å². The molecule has 4 rings (SSSR count). The number of furan rings is 1. The van der Waals surface area contributed by atoms with Crippen molar-refractivity contribution in [2.75, 3.05) is 5.32 Å². The van der Waals surface area contributed by atoms with E-state index in [0.717, 1.165) is 0 Å². The highest BCUT2D eigenvalue weighted by Gasteiger charge is 2.54. The zero-order chi connectivity index (χ0) is 17.4. The Morgan fingerprint density at radius 3 is 2.48 bits per heavy atom. The number of carbonyl (C=O) groups excluding carboxylic acids is 2. The lowest BCUT2D eigenvalue weighted by Gasteiger charge is -2.12. The Morgan fingerprint density at radius 2 is 1.88 bits per heavy atom. The van der Waals surface area contributed by atoms with E-state index in [1.807, 2.05) is 0 Å². The molecule has 0 saturated heterocycles. The molecule has 3 aromatic rings. The van der Waals surface area contributed by atoms with Crippen LogP contribution in [-0.4, -0.2) is 17.0 Å². The van der Waals surface area contributed by atoms with Crippen molar-refractivity contribution in [1.82, 2.24) is 5.16 Å². The van der Waals surface area contributed by atoms with Gasteiger partial charge in [-0.05, 0) is 49.2 Å². The van der Waals surface area contributed by atoms with Crippen molar-refractivity contribution in [1.29, 1.82) is 0 Å². The van der Waals surface area contributed by atoms with E-state index in [-0.39, 0.29) is 5.91 Å². The summed E-state index contributed by atoms with van der Waals surface area (Å²) >= 11 is 0. The summed E-state index contributed by atoms with van der Waals surface area (Å²) in [6.07, 6.45) is 2.94. The average molecular weight is 337 g/mol. The first-order chi connectivity index (χ1) is 12.1. The van der Waals surface area contributed by atoms with E-state index in [1.54, 1.807) is 48.7 Å². The second-order valence-corrected chi connectivity index (χ2v) is 6.03. The molecule has 0 aliphatic heterocycles. The van der Waals surface area contributed by atoms with Crippen LogP contribution in [0, 0.1) is 0 Å². The van der Waals surface area contributed by atoms with Crippen molar-refractivity contribution >= 4 is 17.5 Å². The lowest BCUT2D eigenvalue weighted by molar-refractivity contribution is -0.118. The first-order valence-electron chi connectivity index (χ1n) is 7.81. The van der Waals surface area contributed by atoms with E-state index in [1.165, 1.54) is 0 Å². The van der Waals surface area contributed by atoms with Crippen molar-refractivity contribution in [2.45, 2.75) is 18.3 Å². The lowest BCUT2D eigenvalue weighted by Crippen LogP contribution is -2.28. The van der Waals surface area contributed by atoms with Crippen LogP contribution in [-0.2, 0) is 10.2 Å². The number of carbonyl (C=O) groups is 2. The van der Waals surface area contributed by atoms with E-state index < -0.39 is 11.3 Å². The maximum Gasteiger partial charge on any atom is 0.248 e. The molecule has 7 heteroatoms. The molecular formula is C18H15N3O4. The molecule has 25 heavy (non-hydrogen) atoms. The van der Waals surface area contributed by atoms with Crippen LogP contribution < -0.4 is 11.1 Å². The number of amides is 2. The predicted molar refractivity (Wildman–Crippen MR) is 88.7 cm³/mol. The normalized spacial score (nSPS) is 14.9. The Kier molecular flexibility index (Phi) is 3.42. The molecule has 2 amide bonds. The van der Waals surface area contributed by atoms with Crippen molar-refractivity contribution in [3.05, 3.63) is 60.0 Å². The second kappa shape index (κ2) is 5.62. The van der Waals surface area contributed by atoms with Crippen molar-refractivity contribution in [3.63, 3.8) is 0 Å². The van der Waals surface area contributed by atoms with Gasteiger partial charge in [-0.2, -0.15) is 0 Å². The molecule has 1 aromatic carbocycles. The first kappa shape index (κ1) is 15.2. The molecule has 0 atom stereocenters. The minimum absolute atomic E-state index is 0.154. The summed E-state index contributed by atoms with van der Waals surface area (Å²) in [6, 6.07) is 11.7. The van der Waals surface area contributed by atoms with Gasteiger partial charge in [0.2, 0.25) is 17.6 Å². The summed E-state index contributed by atoms with van der Waals surface area (Å²) in [5.74, 6) is 0.394. The van der Waals surface area contributed by atoms with Gasteiger partial charge in [-0.1, -0.05) is 5.16 Å². The molecule has 0 radical (unpaired) electrons. The van der Waals surface area contributed by atoms with Crippen LogP contribution in [0.2, 0.25) is 0 Å². The topological polar surface area (TPSA) is 111 Å². The Bertz CT molecular complexity index is 922. The van der Waals surface area contributed by atoms with Gasteiger partial charge < -0.3 is 20.0 Å². The fraction of sp³-hybridized carbons (Fsp3) is 0.167. The third-order valence-corrected chi connectivity index (χ3v) is 4.38. The number of benzene rings is 1. The number of nitrogens with one attached hydrogen (secondary N) is 1. The second-order valence-electron chi connectivity index (χ2n) is 6.03. The zero-order valence-electron chi connectivity index (χ0n) is 13.2. The van der Waals surface area contributed by atoms with Crippen molar-refractivity contribution in [2.24, 2.45) is 5.73 Å². The molecule has 1 aliphatic rings. The third-order valence-electron chi connectivity index (χ3n) is 4.38. The van der Waals surface area contributed by atoms with Gasteiger partial charge >= 0.3 is 0 Å². The van der Waals surface area contributed by atoms with Crippen LogP contribution in [0.25, 0.3) is 11.5 Å². The van der Waals surface area contributed by atoms with E-state index in [2.05, 4.69) is 10.5 Å². The number of hydrogen-bond acceptors (Lipinski definition) is 5. The maximum absolute atomic E-state index is 12.7. The molecule has 126 valence electrons. The lowest BCUT2D eigenvalue weighted by atomic mass is 10.0. The predicted octanol–water partition coefficient (Wildman–Crippen LogP) is 2.70. The van der Waals surface area contributed by atoms with Crippen molar-refractivity contribution in [3.8, 4) is 11.5 Å². The number of nitrogens with two attached hydrogens (primary N) is 1. The summed E-state index contributed by atoms with van der Waals surface area (Å²) in [7, 11) is 0. The maximum atomic E-state index is 12.7. The minimum Gasteiger partial charge on any atom is -0.461 e. The molecule has 1 fully saturated rings. The molecular weight excluding hydrogens is 322 g/mol. The minimum atomic E-state index is -0.684. The highest BCUT2D eigenvalue weighted by atomic mass is 16.5. The molecule has 1 saturated carbocycles. The Balaban J connectivity index is 1.52. The van der Waals surface area contributed by atoms with Gasteiger partial charge in [-0.3, -0.25) is 9.59 Å². The van der Waals surface area contributed by atoms with Crippen LogP contribution in [0.3, 0.4) is 0 Å². The quantitative estimate of drug-likeness (QED) is 0.743. The number of anilines is 1. The summed E-state index contributed by atoms with van der Waals surface area (Å²) in [5.41, 5.74) is 6.10. The fourth-order valence-electron chi connectivity index (χ4n) is 2.73. The molecule has 1 aliphatic carbocycles. The average Bonchev–Trinajstić information content (AvgIpc) is 3.02. The number of aromatic nitrogens is 1.